The number of hydrogen-bond acceptors (Lipinski definition) is 11. The molecule has 14 heteroatoms. The molecule has 5 rings (SSSR count). The number of carbonyl (C=O) groups excluding carboxylic acids is 1. The van der Waals surface area contributed by atoms with E-state index in [0.29, 0.717) is 57.8 Å². The maximum atomic E-state index is 11.1. The van der Waals surface area contributed by atoms with Crippen molar-refractivity contribution < 1.29 is 19.7 Å². The zero-order valence-corrected chi connectivity index (χ0v) is 20.6. The van der Waals surface area contributed by atoms with Gasteiger partial charge in [0, 0.05) is 30.2 Å². The first-order valence-electron chi connectivity index (χ1n) is 11.3. The number of rotatable bonds is 8. The van der Waals surface area contributed by atoms with Gasteiger partial charge in [0.25, 0.3) is 0 Å². The van der Waals surface area contributed by atoms with Gasteiger partial charge in [-0.25, -0.2) is 15.0 Å². The van der Waals surface area contributed by atoms with Gasteiger partial charge in [0.2, 0.25) is 6.41 Å². The summed E-state index contributed by atoms with van der Waals surface area (Å²) in [7, 11) is 3.26. The van der Waals surface area contributed by atoms with E-state index in [0.717, 1.165) is 0 Å². The van der Waals surface area contributed by atoms with Crippen LogP contribution in [0.4, 0.5) is 5.82 Å². The molecule has 4 atom stereocenters. The molecule has 5 heterocycles. The Labute approximate surface area is 216 Å². The lowest BCUT2D eigenvalue weighted by Gasteiger charge is -2.26. The molecular formula is C23H24ClN9O4. The van der Waals surface area contributed by atoms with Crippen LogP contribution in [0.2, 0.25) is 5.02 Å². The van der Waals surface area contributed by atoms with E-state index in [1.54, 1.807) is 54.2 Å². The van der Waals surface area contributed by atoms with Gasteiger partial charge in [-0.05, 0) is 19.2 Å². The van der Waals surface area contributed by atoms with E-state index < -0.39 is 24.5 Å². The fourth-order valence-corrected chi connectivity index (χ4v) is 4.58. The summed E-state index contributed by atoms with van der Waals surface area (Å²) in [5.74, 6) is 1.41. The maximum absolute atomic E-state index is 11.1. The van der Waals surface area contributed by atoms with Crippen LogP contribution in [0.5, 0.6) is 5.75 Å². The third-order valence-electron chi connectivity index (χ3n) is 6.20. The monoisotopic (exact) mass is 525 g/mol. The number of likely N-dealkylation sites (tertiary alicyclic amines) is 1. The molecule has 4 N–H and O–H groups in total. The lowest BCUT2D eigenvalue weighted by Crippen LogP contribution is -2.45. The van der Waals surface area contributed by atoms with Crippen LogP contribution in [0.15, 0.2) is 43.1 Å². The first kappa shape index (κ1) is 24.8. The molecule has 0 saturated carbocycles. The van der Waals surface area contributed by atoms with Crippen molar-refractivity contribution in [2.24, 2.45) is 0 Å². The predicted octanol–water partition coefficient (Wildman–Crippen LogP) is 0.795. The zero-order chi connectivity index (χ0) is 26.1. The van der Waals surface area contributed by atoms with E-state index in [1.807, 2.05) is 0 Å². The highest BCUT2D eigenvalue weighted by Crippen LogP contribution is 2.34. The normalized spacial score (nSPS) is 21.8. The highest BCUT2D eigenvalue weighted by atomic mass is 35.5. The average Bonchev–Trinajstić information content (AvgIpc) is 3.41. The second-order valence-electron chi connectivity index (χ2n) is 8.44. The van der Waals surface area contributed by atoms with Crippen molar-refractivity contribution in [1.29, 1.82) is 0 Å². The van der Waals surface area contributed by atoms with Gasteiger partial charge < -0.3 is 25.6 Å². The van der Waals surface area contributed by atoms with E-state index in [2.05, 4.69) is 30.6 Å². The number of carbonyl (C=O) groups is 1. The Balaban J connectivity index is 1.59. The number of nitrogens with one attached hydrogen (secondary N) is 2. The molecule has 0 aromatic carbocycles. The molecule has 0 unspecified atom stereocenters. The van der Waals surface area contributed by atoms with Crippen molar-refractivity contribution in [3.05, 3.63) is 53.8 Å². The number of nitrogens with zero attached hydrogens (tertiary/aromatic N) is 7. The van der Waals surface area contributed by atoms with Gasteiger partial charge >= 0.3 is 0 Å². The number of imidazole rings is 1. The summed E-state index contributed by atoms with van der Waals surface area (Å²) >= 11 is 6.16. The number of ether oxygens (including phenoxy) is 1. The number of pyridine rings is 2. The molecule has 0 aliphatic carbocycles. The van der Waals surface area contributed by atoms with Crippen LogP contribution < -0.4 is 15.4 Å². The summed E-state index contributed by atoms with van der Waals surface area (Å²) in [6, 6.07) is 5.24. The number of hydrogen-bond donors (Lipinski definition) is 4. The van der Waals surface area contributed by atoms with Crippen LogP contribution in [0.3, 0.4) is 0 Å². The number of aliphatic hydroxyl groups excluding tert-OH is 2. The number of halogens is 1. The molecule has 0 radical (unpaired) electrons. The second kappa shape index (κ2) is 10.2. The van der Waals surface area contributed by atoms with E-state index in [4.69, 9.17) is 21.3 Å². The standard InChI is InChI=1S/C23H24ClN9O4/c1-32-22(29-11-34)17(35)18(36)23(32)33-10-28-16-20(27-9-14-6-15(37-2)3-4-26-14)30-19(31-21(16)33)12-5-13(24)8-25-7-12/h3-8,10-11,17-18,22-23,35-36H,9H2,1-2H3,(H,29,34)(H,27,30,31)/t17-,18+,22-,23-/m0/s1. The Kier molecular flexibility index (Phi) is 6.84. The summed E-state index contributed by atoms with van der Waals surface area (Å²) in [5.41, 5.74) is 2.11. The Morgan fingerprint density at radius 2 is 2.03 bits per heavy atom. The van der Waals surface area contributed by atoms with E-state index in [1.165, 1.54) is 12.5 Å². The third kappa shape index (κ3) is 4.64. The predicted molar refractivity (Wildman–Crippen MR) is 133 cm³/mol. The van der Waals surface area contributed by atoms with Crippen molar-refractivity contribution >= 4 is 35.0 Å². The number of likely N-dealkylation sites (N-methyl/N-ethyl adjacent to an activating group) is 1. The molecule has 1 aliphatic rings. The van der Waals surface area contributed by atoms with Crippen molar-refractivity contribution in [3.63, 3.8) is 0 Å². The van der Waals surface area contributed by atoms with Gasteiger partial charge in [0.15, 0.2) is 22.8 Å². The number of fused-ring (bicyclic) bond motifs is 1. The minimum Gasteiger partial charge on any atom is -0.497 e. The first-order valence-corrected chi connectivity index (χ1v) is 11.6. The van der Waals surface area contributed by atoms with Gasteiger partial charge in [0.05, 0.1) is 30.7 Å². The highest BCUT2D eigenvalue weighted by molar-refractivity contribution is 6.30. The second-order valence-corrected chi connectivity index (χ2v) is 8.88. The fraction of sp³-hybridized carbons (Fsp3) is 0.304. The van der Waals surface area contributed by atoms with Gasteiger partial charge in [-0.1, -0.05) is 11.6 Å². The number of aromatic nitrogens is 6. The Morgan fingerprint density at radius 3 is 2.78 bits per heavy atom. The average molecular weight is 526 g/mol. The van der Waals surface area contributed by atoms with Crippen molar-refractivity contribution in [2.45, 2.75) is 31.1 Å². The van der Waals surface area contributed by atoms with Crippen molar-refractivity contribution in [2.75, 3.05) is 19.5 Å². The highest BCUT2D eigenvalue weighted by Gasteiger charge is 2.47. The Bertz CT molecular complexity index is 1430. The molecule has 37 heavy (non-hydrogen) atoms. The quantitative estimate of drug-likeness (QED) is 0.240. The molecular weight excluding hydrogens is 502 g/mol. The van der Waals surface area contributed by atoms with Crippen LogP contribution in [0, 0.1) is 0 Å². The topological polar surface area (TPSA) is 163 Å². The third-order valence-corrected chi connectivity index (χ3v) is 6.41. The minimum absolute atomic E-state index is 0.319. The van der Waals surface area contributed by atoms with Gasteiger partial charge in [-0.15, -0.1) is 0 Å². The Hall–Kier alpha value is -3.91. The summed E-state index contributed by atoms with van der Waals surface area (Å²) < 4.78 is 6.91. The number of methoxy groups -OCH3 is 1. The zero-order valence-electron chi connectivity index (χ0n) is 19.9. The van der Waals surface area contributed by atoms with Crippen molar-refractivity contribution in [1.82, 2.24) is 39.7 Å². The maximum Gasteiger partial charge on any atom is 0.208 e. The summed E-state index contributed by atoms with van der Waals surface area (Å²) in [6.45, 7) is 0.319. The van der Waals surface area contributed by atoms with Gasteiger partial charge in [-0.2, -0.15) is 0 Å². The molecule has 1 saturated heterocycles. The summed E-state index contributed by atoms with van der Waals surface area (Å²) in [6.07, 6.45) is 2.70. The first-order chi connectivity index (χ1) is 17.9. The van der Waals surface area contributed by atoms with Crippen LogP contribution in [-0.2, 0) is 11.3 Å². The van der Waals surface area contributed by atoms with E-state index >= 15 is 0 Å². The summed E-state index contributed by atoms with van der Waals surface area (Å²) in [4.78, 5) is 35.1. The molecule has 13 nitrogen and oxygen atoms in total. The van der Waals surface area contributed by atoms with Crippen LogP contribution in [-0.4, -0.2) is 83.5 Å². The molecule has 4 aromatic heterocycles. The van der Waals surface area contributed by atoms with Gasteiger partial charge in [-0.3, -0.25) is 24.2 Å². The molecule has 1 amide bonds. The molecule has 0 spiro atoms. The van der Waals surface area contributed by atoms with Crippen molar-refractivity contribution in [3.8, 4) is 17.1 Å². The van der Waals surface area contributed by atoms with E-state index in [-0.39, 0.29) is 0 Å². The molecule has 0 bridgehead atoms. The lowest BCUT2D eigenvalue weighted by molar-refractivity contribution is -0.112. The fourth-order valence-electron chi connectivity index (χ4n) is 4.41. The Morgan fingerprint density at radius 1 is 1.19 bits per heavy atom. The van der Waals surface area contributed by atoms with Crippen LogP contribution in [0.1, 0.15) is 11.9 Å². The van der Waals surface area contributed by atoms with Gasteiger partial charge in [0.1, 0.15) is 30.3 Å². The smallest absolute Gasteiger partial charge is 0.208 e. The molecule has 1 aliphatic heterocycles. The van der Waals surface area contributed by atoms with E-state index in [9.17, 15) is 15.0 Å². The molecule has 4 aromatic rings. The molecule has 192 valence electrons. The molecule has 1 fully saturated rings. The summed E-state index contributed by atoms with van der Waals surface area (Å²) in [5, 5.41) is 27.6. The van der Waals surface area contributed by atoms with Crippen LogP contribution >= 0.6 is 11.6 Å². The number of anilines is 1. The lowest BCUT2D eigenvalue weighted by atomic mass is 10.2. The minimum atomic E-state index is -1.23. The SMILES string of the molecule is COc1ccnc(CNc2nc(-c3cncc(Cl)c3)nc3c2ncn3[C@H]2[C@H](O)[C@H](O)[C@@H](NC=O)N2C)c1. The largest absolute Gasteiger partial charge is 0.497 e. The van der Waals surface area contributed by atoms with Crippen LogP contribution in [0.25, 0.3) is 22.6 Å². The number of amides is 1. The number of aliphatic hydroxyl groups is 2.